The average molecular weight is 278 g/mol. The van der Waals surface area contributed by atoms with Gasteiger partial charge < -0.3 is 9.47 Å². The maximum atomic E-state index is 5.68. The summed E-state index contributed by atoms with van der Waals surface area (Å²) >= 11 is 0. The molecule has 114 valence electrons. The first kappa shape index (κ1) is 17.0. The van der Waals surface area contributed by atoms with Crippen LogP contribution in [0.2, 0.25) is 0 Å². The number of ether oxygens (including phenoxy) is 2. The molecular weight excluding hydrogens is 248 g/mol. The lowest BCUT2D eigenvalue weighted by molar-refractivity contribution is 0.0818. The minimum absolute atomic E-state index is 0.189. The Hall–Kier alpha value is -1.02. The predicted octanol–water partition coefficient (Wildman–Crippen LogP) is 4.82. The molecule has 1 aromatic rings. The fourth-order valence-corrected chi connectivity index (χ4v) is 1.75. The standard InChI is InChI=1S/C18H30O2/c1-17(2,3)11-12-19-13-14-20-16-9-7-15(8-10-16)18(4,5)6/h7-10H,11-14H2,1-6H3. The van der Waals surface area contributed by atoms with Gasteiger partial charge in [-0.3, -0.25) is 0 Å². The lowest BCUT2D eigenvalue weighted by atomic mass is 9.87. The van der Waals surface area contributed by atoms with Crippen LogP contribution in [0, 0.1) is 5.41 Å². The van der Waals surface area contributed by atoms with Gasteiger partial charge in [0.25, 0.3) is 0 Å². The van der Waals surface area contributed by atoms with Gasteiger partial charge in [0.15, 0.2) is 0 Å². The van der Waals surface area contributed by atoms with Crippen LogP contribution in [0.3, 0.4) is 0 Å². The maximum Gasteiger partial charge on any atom is 0.119 e. The summed E-state index contributed by atoms with van der Waals surface area (Å²) in [5.74, 6) is 0.914. The number of benzene rings is 1. The largest absolute Gasteiger partial charge is 0.491 e. The lowest BCUT2D eigenvalue weighted by Crippen LogP contribution is -2.13. The molecule has 0 aliphatic carbocycles. The first-order chi connectivity index (χ1) is 9.18. The summed E-state index contributed by atoms with van der Waals surface area (Å²) in [6.07, 6.45) is 1.08. The van der Waals surface area contributed by atoms with E-state index in [1.165, 1.54) is 5.56 Å². The first-order valence-corrected chi connectivity index (χ1v) is 7.50. The quantitative estimate of drug-likeness (QED) is 0.695. The van der Waals surface area contributed by atoms with Gasteiger partial charge in [-0.1, -0.05) is 53.7 Å². The molecule has 0 aromatic heterocycles. The molecule has 0 spiro atoms. The Morgan fingerprint density at radius 1 is 0.800 bits per heavy atom. The molecule has 0 N–H and O–H groups in total. The Kier molecular flexibility index (Phi) is 6.07. The van der Waals surface area contributed by atoms with Gasteiger partial charge in [0.2, 0.25) is 0 Å². The summed E-state index contributed by atoms with van der Waals surface area (Å²) in [6, 6.07) is 8.34. The molecule has 1 aromatic carbocycles. The Bertz CT molecular complexity index is 379. The molecule has 0 atom stereocenters. The van der Waals surface area contributed by atoms with E-state index in [2.05, 4.69) is 53.7 Å². The molecule has 1 rings (SSSR count). The second kappa shape index (κ2) is 7.12. The topological polar surface area (TPSA) is 18.5 Å². The minimum Gasteiger partial charge on any atom is -0.491 e. The molecule has 0 saturated heterocycles. The highest BCUT2D eigenvalue weighted by Gasteiger charge is 2.13. The van der Waals surface area contributed by atoms with Crippen molar-refractivity contribution in [2.75, 3.05) is 19.8 Å². The van der Waals surface area contributed by atoms with Crippen molar-refractivity contribution in [3.63, 3.8) is 0 Å². The molecule has 0 bridgehead atoms. The van der Waals surface area contributed by atoms with Gasteiger partial charge in [0.1, 0.15) is 12.4 Å². The van der Waals surface area contributed by atoms with Crippen molar-refractivity contribution in [2.24, 2.45) is 5.41 Å². The zero-order valence-electron chi connectivity index (χ0n) is 14.0. The Morgan fingerprint density at radius 2 is 1.40 bits per heavy atom. The molecule has 0 unspecified atom stereocenters. The fraction of sp³-hybridized carbons (Fsp3) is 0.667. The van der Waals surface area contributed by atoms with Crippen molar-refractivity contribution < 1.29 is 9.47 Å². The van der Waals surface area contributed by atoms with E-state index < -0.39 is 0 Å². The fourth-order valence-electron chi connectivity index (χ4n) is 1.75. The lowest BCUT2D eigenvalue weighted by Gasteiger charge is -2.19. The molecule has 0 radical (unpaired) electrons. The molecule has 0 saturated carbocycles. The number of hydrogen-bond donors (Lipinski definition) is 0. The van der Waals surface area contributed by atoms with Crippen LogP contribution in [0.5, 0.6) is 5.75 Å². The van der Waals surface area contributed by atoms with Crippen molar-refractivity contribution in [1.82, 2.24) is 0 Å². The van der Waals surface area contributed by atoms with Crippen molar-refractivity contribution in [1.29, 1.82) is 0 Å². The Labute approximate surface area is 124 Å². The summed E-state index contributed by atoms with van der Waals surface area (Å²) in [5, 5.41) is 0. The Balaban J connectivity index is 2.23. The van der Waals surface area contributed by atoms with Crippen LogP contribution in [0.1, 0.15) is 53.5 Å². The molecule has 0 heterocycles. The number of hydrogen-bond acceptors (Lipinski definition) is 2. The highest BCUT2D eigenvalue weighted by Crippen LogP contribution is 2.24. The predicted molar refractivity (Wildman–Crippen MR) is 85.5 cm³/mol. The van der Waals surface area contributed by atoms with E-state index in [0.717, 1.165) is 18.8 Å². The Morgan fingerprint density at radius 3 is 1.90 bits per heavy atom. The molecule has 0 aliphatic heterocycles. The summed E-state index contributed by atoms with van der Waals surface area (Å²) < 4.78 is 11.3. The SMILES string of the molecule is CC(C)(C)CCOCCOc1ccc(C(C)(C)C)cc1. The third kappa shape index (κ3) is 6.95. The van der Waals surface area contributed by atoms with Crippen LogP contribution in [-0.4, -0.2) is 19.8 Å². The van der Waals surface area contributed by atoms with Crippen molar-refractivity contribution in [3.8, 4) is 5.75 Å². The van der Waals surface area contributed by atoms with Gasteiger partial charge in [-0.25, -0.2) is 0 Å². The minimum atomic E-state index is 0.189. The summed E-state index contributed by atoms with van der Waals surface area (Å²) in [4.78, 5) is 0. The van der Waals surface area contributed by atoms with E-state index in [4.69, 9.17) is 9.47 Å². The van der Waals surface area contributed by atoms with Gasteiger partial charge >= 0.3 is 0 Å². The second-order valence-corrected chi connectivity index (χ2v) is 7.55. The van der Waals surface area contributed by atoms with E-state index in [0.29, 0.717) is 18.6 Å². The molecule has 2 heteroatoms. The summed E-state index contributed by atoms with van der Waals surface area (Å²) in [7, 11) is 0. The molecule has 20 heavy (non-hydrogen) atoms. The third-order valence-electron chi connectivity index (χ3n) is 3.21. The van der Waals surface area contributed by atoms with Crippen LogP contribution in [0.4, 0.5) is 0 Å². The normalized spacial score (nSPS) is 12.5. The van der Waals surface area contributed by atoms with E-state index >= 15 is 0 Å². The van der Waals surface area contributed by atoms with Gasteiger partial charge in [0.05, 0.1) is 6.61 Å². The summed E-state index contributed by atoms with van der Waals surface area (Å²) in [6.45, 7) is 15.4. The van der Waals surface area contributed by atoms with E-state index in [1.807, 2.05) is 12.1 Å². The van der Waals surface area contributed by atoms with Crippen LogP contribution in [0.25, 0.3) is 0 Å². The van der Waals surface area contributed by atoms with Gasteiger partial charge in [-0.15, -0.1) is 0 Å². The smallest absolute Gasteiger partial charge is 0.119 e. The molecule has 2 nitrogen and oxygen atoms in total. The van der Waals surface area contributed by atoms with Crippen LogP contribution < -0.4 is 4.74 Å². The van der Waals surface area contributed by atoms with Crippen LogP contribution in [-0.2, 0) is 10.2 Å². The van der Waals surface area contributed by atoms with E-state index in [9.17, 15) is 0 Å². The monoisotopic (exact) mass is 278 g/mol. The highest BCUT2D eigenvalue weighted by molar-refractivity contribution is 5.31. The van der Waals surface area contributed by atoms with Gasteiger partial charge in [-0.05, 0) is 34.9 Å². The van der Waals surface area contributed by atoms with Crippen molar-refractivity contribution in [2.45, 2.75) is 53.4 Å². The van der Waals surface area contributed by atoms with E-state index in [-0.39, 0.29) is 5.41 Å². The third-order valence-corrected chi connectivity index (χ3v) is 3.21. The van der Waals surface area contributed by atoms with Gasteiger partial charge in [-0.2, -0.15) is 0 Å². The molecular formula is C18H30O2. The maximum absolute atomic E-state index is 5.68. The molecule has 0 fully saturated rings. The first-order valence-electron chi connectivity index (χ1n) is 7.50. The highest BCUT2D eigenvalue weighted by atomic mass is 16.5. The molecule has 0 amide bonds. The van der Waals surface area contributed by atoms with Crippen LogP contribution >= 0.6 is 0 Å². The number of rotatable bonds is 6. The average Bonchev–Trinajstić information content (AvgIpc) is 2.32. The van der Waals surface area contributed by atoms with E-state index in [1.54, 1.807) is 0 Å². The zero-order valence-corrected chi connectivity index (χ0v) is 14.0. The summed E-state index contributed by atoms with van der Waals surface area (Å²) in [5.41, 5.74) is 1.85. The van der Waals surface area contributed by atoms with Crippen molar-refractivity contribution >= 4 is 0 Å². The zero-order chi connectivity index (χ0) is 15.2. The second-order valence-electron chi connectivity index (χ2n) is 7.55. The molecule has 0 aliphatic rings. The van der Waals surface area contributed by atoms with Crippen molar-refractivity contribution in [3.05, 3.63) is 29.8 Å². The van der Waals surface area contributed by atoms with Crippen LogP contribution in [0.15, 0.2) is 24.3 Å². The van der Waals surface area contributed by atoms with Gasteiger partial charge in [0, 0.05) is 6.61 Å².